The fraction of sp³-hybridized carbons (Fsp3) is 0.400. The van der Waals surface area contributed by atoms with Gasteiger partial charge in [-0.05, 0) is 37.1 Å². The molecule has 0 spiro atoms. The number of nitrogens with zero attached hydrogens (tertiary/aromatic N) is 2. The molecule has 0 amide bonds. The van der Waals surface area contributed by atoms with E-state index in [2.05, 4.69) is 13.8 Å². The van der Waals surface area contributed by atoms with Gasteiger partial charge in [0.15, 0.2) is 5.16 Å². The molecule has 2 aromatic heterocycles. The van der Waals surface area contributed by atoms with Crippen molar-refractivity contribution in [2.45, 2.75) is 43.4 Å². The van der Waals surface area contributed by atoms with E-state index in [1.807, 2.05) is 24.3 Å². The Labute approximate surface area is 166 Å². The number of fused-ring (bicyclic) bond motifs is 3. The van der Waals surface area contributed by atoms with Crippen LogP contribution in [0.1, 0.15) is 29.9 Å². The molecule has 1 aliphatic heterocycles. The number of hydrogen-bond donors (Lipinski definition) is 0. The summed E-state index contributed by atoms with van der Waals surface area (Å²) in [6, 6.07) is 7.96. The third-order valence-electron chi connectivity index (χ3n) is 4.80. The van der Waals surface area contributed by atoms with Crippen LogP contribution < -0.4 is 10.3 Å². The van der Waals surface area contributed by atoms with Crippen molar-refractivity contribution < 1.29 is 9.47 Å². The zero-order chi connectivity index (χ0) is 19.2. The minimum atomic E-state index is -0.242. The second kappa shape index (κ2) is 6.96. The summed E-state index contributed by atoms with van der Waals surface area (Å²) in [6.45, 7) is 4.69. The smallest absolute Gasteiger partial charge is 0.262 e. The average molecular weight is 403 g/mol. The molecule has 0 saturated heterocycles. The molecule has 0 unspecified atom stereocenters. The van der Waals surface area contributed by atoms with Gasteiger partial charge in [-0.2, -0.15) is 0 Å². The van der Waals surface area contributed by atoms with E-state index in [9.17, 15) is 4.79 Å². The molecular weight excluding hydrogens is 380 g/mol. The van der Waals surface area contributed by atoms with Crippen LogP contribution in [0.5, 0.6) is 5.75 Å². The molecule has 3 heterocycles. The van der Waals surface area contributed by atoms with Gasteiger partial charge in [-0.25, -0.2) is 4.98 Å². The van der Waals surface area contributed by atoms with E-state index < -0.39 is 0 Å². The second-order valence-electron chi connectivity index (χ2n) is 7.30. The quantitative estimate of drug-likeness (QED) is 0.485. The summed E-state index contributed by atoms with van der Waals surface area (Å²) >= 11 is 3.16. The monoisotopic (exact) mass is 402 g/mol. The van der Waals surface area contributed by atoms with Crippen molar-refractivity contribution in [1.29, 1.82) is 0 Å². The second-order valence-corrected chi connectivity index (χ2v) is 9.33. The first-order valence-electron chi connectivity index (χ1n) is 8.79. The summed E-state index contributed by atoms with van der Waals surface area (Å²) in [5.74, 6) is 1.59. The summed E-state index contributed by atoms with van der Waals surface area (Å²) in [5.41, 5.74) is 2.07. The number of rotatable bonds is 4. The number of thioether (sulfide) groups is 1. The molecule has 5 nitrogen and oxygen atoms in total. The summed E-state index contributed by atoms with van der Waals surface area (Å²) < 4.78 is 12.8. The van der Waals surface area contributed by atoms with E-state index in [0.29, 0.717) is 6.61 Å². The van der Waals surface area contributed by atoms with Crippen LogP contribution in [0.2, 0.25) is 0 Å². The van der Waals surface area contributed by atoms with Crippen molar-refractivity contribution in [3.63, 3.8) is 0 Å². The normalized spacial score (nSPS) is 15.7. The van der Waals surface area contributed by atoms with Gasteiger partial charge in [0.2, 0.25) is 0 Å². The van der Waals surface area contributed by atoms with Crippen molar-refractivity contribution in [1.82, 2.24) is 9.55 Å². The Morgan fingerprint density at radius 1 is 1.33 bits per heavy atom. The van der Waals surface area contributed by atoms with Crippen molar-refractivity contribution >= 4 is 33.3 Å². The molecule has 7 heteroatoms. The molecule has 0 N–H and O–H groups in total. The third kappa shape index (κ3) is 3.51. The van der Waals surface area contributed by atoms with Crippen LogP contribution in [0.25, 0.3) is 10.2 Å². The fourth-order valence-corrected chi connectivity index (χ4v) is 5.33. The van der Waals surface area contributed by atoms with Crippen molar-refractivity contribution in [2.75, 3.05) is 7.11 Å². The number of ether oxygens (including phenoxy) is 2. The molecule has 0 aliphatic carbocycles. The summed E-state index contributed by atoms with van der Waals surface area (Å²) in [6.07, 6.45) is 0.748. The highest BCUT2D eigenvalue weighted by Gasteiger charge is 2.31. The zero-order valence-corrected chi connectivity index (χ0v) is 17.5. The number of benzene rings is 1. The maximum atomic E-state index is 13.0. The molecule has 0 radical (unpaired) electrons. The Hall–Kier alpha value is -1.83. The van der Waals surface area contributed by atoms with Crippen LogP contribution in [-0.4, -0.2) is 22.3 Å². The highest BCUT2D eigenvalue weighted by Crippen LogP contribution is 2.37. The number of aromatic nitrogens is 2. The van der Waals surface area contributed by atoms with Gasteiger partial charge in [0, 0.05) is 24.1 Å². The molecular formula is C20H22N2O3S2. The lowest BCUT2D eigenvalue weighted by Crippen LogP contribution is -2.32. The van der Waals surface area contributed by atoms with Crippen LogP contribution in [0.15, 0.2) is 34.2 Å². The highest BCUT2D eigenvalue weighted by atomic mass is 32.2. The predicted octanol–water partition coefficient (Wildman–Crippen LogP) is 4.15. The van der Waals surface area contributed by atoms with Crippen molar-refractivity contribution in [2.24, 2.45) is 7.05 Å². The minimum absolute atomic E-state index is 0.0347. The lowest BCUT2D eigenvalue weighted by atomic mass is 9.94. The summed E-state index contributed by atoms with van der Waals surface area (Å²) in [5, 5.41) is 1.50. The Bertz CT molecular complexity index is 1050. The number of hydrogen-bond acceptors (Lipinski definition) is 6. The largest absolute Gasteiger partial charge is 0.497 e. The van der Waals surface area contributed by atoms with Gasteiger partial charge in [-0.1, -0.05) is 23.9 Å². The molecule has 0 saturated carbocycles. The van der Waals surface area contributed by atoms with Gasteiger partial charge in [-0.15, -0.1) is 11.3 Å². The maximum absolute atomic E-state index is 13.0. The first kappa shape index (κ1) is 18.5. The SMILES string of the molecule is COc1ccc(CSc2nc3sc4c(c3c(=O)n2C)CC(C)(C)OC4)cc1. The Morgan fingerprint density at radius 3 is 2.78 bits per heavy atom. The van der Waals surface area contributed by atoms with Gasteiger partial charge in [-0.3, -0.25) is 9.36 Å². The Balaban J connectivity index is 1.66. The lowest BCUT2D eigenvalue weighted by molar-refractivity contribution is -0.0379. The highest BCUT2D eigenvalue weighted by molar-refractivity contribution is 7.98. The summed E-state index contributed by atoms with van der Waals surface area (Å²) in [4.78, 5) is 19.8. The maximum Gasteiger partial charge on any atom is 0.262 e. The van der Waals surface area contributed by atoms with Gasteiger partial charge in [0.1, 0.15) is 10.6 Å². The first-order valence-corrected chi connectivity index (χ1v) is 10.6. The van der Waals surface area contributed by atoms with Gasteiger partial charge in [0.05, 0.1) is 24.7 Å². The van der Waals surface area contributed by atoms with Crippen LogP contribution in [-0.2, 0) is 30.6 Å². The van der Waals surface area contributed by atoms with E-state index in [0.717, 1.165) is 49.3 Å². The molecule has 3 aromatic rings. The molecule has 142 valence electrons. The van der Waals surface area contributed by atoms with Crippen LogP contribution in [0.3, 0.4) is 0 Å². The zero-order valence-electron chi connectivity index (χ0n) is 15.9. The van der Waals surface area contributed by atoms with E-state index in [-0.39, 0.29) is 11.2 Å². The van der Waals surface area contributed by atoms with Gasteiger partial charge in [0.25, 0.3) is 5.56 Å². The Kier molecular flexibility index (Phi) is 4.78. The average Bonchev–Trinajstić information content (AvgIpc) is 3.00. The van der Waals surface area contributed by atoms with Crippen molar-refractivity contribution in [3.05, 3.63) is 50.6 Å². The standard InChI is InChI=1S/C20H22N2O3S2/c1-20(2)9-14-15(10-25-20)27-17-16(14)18(23)22(3)19(21-17)26-11-12-5-7-13(24-4)8-6-12/h5-8H,9-11H2,1-4H3. The van der Waals surface area contributed by atoms with E-state index >= 15 is 0 Å². The van der Waals surface area contributed by atoms with Crippen LogP contribution >= 0.6 is 23.1 Å². The van der Waals surface area contributed by atoms with E-state index in [4.69, 9.17) is 14.5 Å². The topological polar surface area (TPSA) is 53.3 Å². The van der Waals surface area contributed by atoms with Crippen LogP contribution in [0, 0.1) is 0 Å². The molecule has 0 bridgehead atoms. The minimum Gasteiger partial charge on any atom is -0.497 e. The number of methoxy groups -OCH3 is 1. The fourth-order valence-electron chi connectivity index (χ4n) is 3.25. The summed E-state index contributed by atoms with van der Waals surface area (Å²) in [7, 11) is 3.46. The molecule has 0 atom stereocenters. The third-order valence-corrected chi connectivity index (χ3v) is 7.00. The first-order chi connectivity index (χ1) is 12.9. The van der Waals surface area contributed by atoms with Crippen LogP contribution in [0.4, 0.5) is 0 Å². The molecule has 4 rings (SSSR count). The predicted molar refractivity (Wildman–Crippen MR) is 110 cm³/mol. The van der Waals surface area contributed by atoms with E-state index in [1.165, 1.54) is 0 Å². The van der Waals surface area contributed by atoms with Gasteiger partial charge < -0.3 is 9.47 Å². The lowest BCUT2D eigenvalue weighted by Gasteiger charge is -2.29. The molecule has 0 fully saturated rings. The molecule has 1 aliphatic rings. The number of thiophene rings is 1. The van der Waals surface area contributed by atoms with Crippen molar-refractivity contribution in [3.8, 4) is 5.75 Å². The molecule has 27 heavy (non-hydrogen) atoms. The van der Waals surface area contributed by atoms with Gasteiger partial charge >= 0.3 is 0 Å². The van der Waals surface area contributed by atoms with E-state index in [1.54, 1.807) is 41.8 Å². The molecule has 1 aromatic carbocycles. The Morgan fingerprint density at radius 2 is 2.07 bits per heavy atom.